The lowest BCUT2D eigenvalue weighted by molar-refractivity contribution is 0.0937. The Morgan fingerprint density at radius 3 is 2.75 bits per heavy atom. The largest absolute Gasteiger partial charge is 0.348 e. The van der Waals surface area contributed by atoms with Gasteiger partial charge >= 0.3 is 0 Å². The number of hydrogen-bond acceptors (Lipinski definition) is 3. The third-order valence-corrected chi connectivity index (χ3v) is 2.17. The lowest BCUT2D eigenvalue weighted by Crippen LogP contribution is -2.30. The summed E-state index contributed by atoms with van der Waals surface area (Å²) in [6, 6.07) is 1.96. The van der Waals surface area contributed by atoms with E-state index in [1.807, 2.05) is 38.6 Å². The zero-order valence-corrected chi connectivity index (χ0v) is 10.4. The molecule has 0 aliphatic heterocycles. The van der Waals surface area contributed by atoms with E-state index < -0.39 is 0 Å². The third kappa shape index (κ3) is 3.06. The molecule has 0 bridgehead atoms. The fourth-order valence-corrected chi connectivity index (χ4v) is 1.50. The Morgan fingerprint density at radius 2 is 2.25 bits per heavy atom. The molecule has 0 saturated heterocycles. The molecule has 1 aromatic heterocycles. The molecule has 0 aliphatic carbocycles. The van der Waals surface area contributed by atoms with E-state index in [2.05, 4.69) is 15.7 Å². The predicted molar refractivity (Wildman–Crippen MR) is 63.3 cm³/mol. The van der Waals surface area contributed by atoms with E-state index in [-0.39, 0.29) is 11.9 Å². The molecule has 5 heteroatoms. The number of carbonyl (C=O) groups excluding carboxylic acids is 1. The van der Waals surface area contributed by atoms with Gasteiger partial charge in [-0.1, -0.05) is 0 Å². The SMILES string of the molecule is CCn1nc(C(=O)NC(C)C)cc1CNC. The van der Waals surface area contributed by atoms with Gasteiger partial charge in [0.1, 0.15) is 5.69 Å². The van der Waals surface area contributed by atoms with Gasteiger partial charge in [-0.2, -0.15) is 5.10 Å². The highest BCUT2D eigenvalue weighted by atomic mass is 16.2. The first-order valence-electron chi connectivity index (χ1n) is 5.60. The molecular formula is C11H20N4O. The van der Waals surface area contributed by atoms with E-state index in [4.69, 9.17) is 0 Å². The first-order chi connectivity index (χ1) is 7.58. The average Bonchev–Trinajstić information content (AvgIpc) is 2.61. The Labute approximate surface area is 96.2 Å². The summed E-state index contributed by atoms with van der Waals surface area (Å²) in [5.41, 5.74) is 1.51. The molecule has 0 unspecified atom stereocenters. The van der Waals surface area contributed by atoms with Crippen LogP contribution in [-0.4, -0.2) is 28.8 Å². The topological polar surface area (TPSA) is 59.0 Å². The van der Waals surface area contributed by atoms with Crippen LogP contribution in [0.5, 0.6) is 0 Å². The Morgan fingerprint density at radius 1 is 1.56 bits per heavy atom. The molecule has 0 aliphatic rings. The maximum atomic E-state index is 11.7. The van der Waals surface area contributed by atoms with Crippen molar-refractivity contribution in [3.05, 3.63) is 17.5 Å². The lowest BCUT2D eigenvalue weighted by Gasteiger charge is -2.05. The van der Waals surface area contributed by atoms with Crippen LogP contribution in [0.1, 0.15) is 37.0 Å². The van der Waals surface area contributed by atoms with Crippen LogP contribution < -0.4 is 10.6 Å². The summed E-state index contributed by atoms with van der Waals surface area (Å²) in [4.78, 5) is 11.7. The number of carbonyl (C=O) groups is 1. The van der Waals surface area contributed by atoms with Gasteiger partial charge in [0.05, 0.1) is 5.69 Å². The normalized spacial score (nSPS) is 10.8. The Hall–Kier alpha value is -1.36. The van der Waals surface area contributed by atoms with Gasteiger partial charge in [0, 0.05) is 19.1 Å². The van der Waals surface area contributed by atoms with Gasteiger partial charge in [0.2, 0.25) is 0 Å². The minimum atomic E-state index is -0.112. The second kappa shape index (κ2) is 5.65. The fraction of sp³-hybridized carbons (Fsp3) is 0.636. The fourth-order valence-electron chi connectivity index (χ4n) is 1.50. The first kappa shape index (κ1) is 12.7. The zero-order valence-electron chi connectivity index (χ0n) is 10.4. The second-order valence-electron chi connectivity index (χ2n) is 4.00. The molecule has 0 saturated carbocycles. The predicted octanol–water partition coefficient (Wildman–Crippen LogP) is 0.761. The quantitative estimate of drug-likeness (QED) is 0.776. The van der Waals surface area contributed by atoms with Crippen molar-refractivity contribution in [1.82, 2.24) is 20.4 Å². The number of aryl methyl sites for hydroxylation is 1. The van der Waals surface area contributed by atoms with Crippen molar-refractivity contribution in [3.63, 3.8) is 0 Å². The van der Waals surface area contributed by atoms with E-state index >= 15 is 0 Å². The summed E-state index contributed by atoms with van der Waals surface area (Å²) in [5, 5.41) is 10.2. The molecule has 0 atom stereocenters. The van der Waals surface area contributed by atoms with Crippen molar-refractivity contribution < 1.29 is 4.79 Å². The van der Waals surface area contributed by atoms with Crippen LogP contribution in [0, 0.1) is 0 Å². The molecule has 0 fully saturated rings. The number of amides is 1. The Balaban J connectivity index is 2.85. The standard InChI is InChI=1S/C11H20N4O/c1-5-15-9(7-12-4)6-10(14-15)11(16)13-8(2)3/h6,8,12H,5,7H2,1-4H3,(H,13,16). The molecule has 0 radical (unpaired) electrons. The van der Waals surface area contributed by atoms with Crippen molar-refractivity contribution in [2.24, 2.45) is 0 Å². The second-order valence-corrected chi connectivity index (χ2v) is 4.00. The number of aromatic nitrogens is 2. The van der Waals surface area contributed by atoms with E-state index in [1.165, 1.54) is 0 Å². The van der Waals surface area contributed by atoms with Crippen LogP contribution in [-0.2, 0) is 13.1 Å². The van der Waals surface area contributed by atoms with Crippen LogP contribution >= 0.6 is 0 Å². The highest BCUT2D eigenvalue weighted by Gasteiger charge is 2.13. The van der Waals surface area contributed by atoms with Crippen LogP contribution in [0.2, 0.25) is 0 Å². The molecule has 1 amide bonds. The van der Waals surface area contributed by atoms with Crippen LogP contribution in [0.25, 0.3) is 0 Å². The maximum absolute atomic E-state index is 11.7. The van der Waals surface area contributed by atoms with Crippen LogP contribution in [0.4, 0.5) is 0 Å². The van der Waals surface area contributed by atoms with Gasteiger partial charge in [0.25, 0.3) is 5.91 Å². The van der Waals surface area contributed by atoms with Crippen molar-refractivity contribution in [1.29, 1.82) is 0 Å². The summed E-state index contributed by atoms with van der Waals surface area (Å²) in [6.07, 6.45) is 0. The highest BCUT2D eigenvalue weighted by molar-refractivity contribution is 5.92. The summed E-state index contributed by atoms with van der Waals surface area (Å²) in [6.45, 7) is 7.37. The first-order valence-corrected chi connectivity index (χ1v) is 5.60. The molecule has 90 valence electrons. The van der Waals surface area contributed by atoms with Gasteiger partial charge in [-0.05, 0) is 33.9 Å². The van der Waals surface area contributed by atoms with Gasteiger partial charge < -0.3 is 10.6 Å². The third-order valence-electron chi connectivity index (χ3n) is 2.17. The van der Waals surface area contributed by atoms with Crippen molar-refractivity contribution >= 4 is 5.91 Å². The molecule has 0 spiro atoms. The smallest absolute Gasteiger partial charge is 0.271 e. The van der Waals surface area contributed by atoms with E-state index in [1.54, 1.807) is 0 Å². The van der Waals surface area contributed by atoms with E-state index in [9.17, 15) is 4.79 Å². The molecule has 2 N–H and O–H groups in total. The summed E-state index contributed by atoms with van der Waals surface area (Å²) >= 11 is 0. The molecule has 16 heavy (non-hydrogen) atoms. The number of nitrogens with zero attached hydrogens (tertiary/aromatic N) is 2. The number of rotatable bonds is 5. The summed E-state index contributed by atoms with van der Waals surface area (Å²) in [7, 11) is 1.88. The monoisotopic (exact) mass is 224 g/mol. The Kier molecular flexibility index (Phi) is 4.49. The molecule has 1 heterocycles. The highest BCUT2D eigenvalue weighted by Crippen LogP contribution is 2.05. The summed E-state index contributed by atoms with van der Waals surface area (Å²) in [5.74, 6) is -0.112. The minimum absolute atomic E-state index is 0.112. The van der Waals surface area contributed by atoms with Gasteiger partial charge in [-0.15, -0.1) is 0 Å². The summed E-state index contributed by atoms with van der Waals surface area (Å²) < 4.78 is 1.84. The molecular weight excluding hydrogens is 204 g/mol. The van der Waals surface area contributed by atoms with E-state index in [0.29, 0.717) is 5.69 Å². The van der Waals surface area contributed by atoms with Crippen molar-refractivity contribution in [2.75, 3.05) is 7.05 Å². The van der Waals surface area contributed by atoms with Gasteiger partial charge in [-0.3, -0.25) is 9.48 Å². The lowest BCUT2D eigenvalue weighted by atomic mass is 10.3. The Bertz CT molecular complexity index is 357. The number of hydrogen-bond donors (Lipinski definition) is 2. The van der Waals surface area contributed by atoms with Crippen molar-refractivity contribution in [3.8, 4) is 0 Å². The van der Waals surface area contributed by atoms with Gasteiger partial charge in [-0.25, -0.2) is 0 Å². The molecule has 5 nitrogen and oxygen atoms in total. The molecule has 1 rings (SSSR count). The van der Waals surface area contributed by atoms with Gasteiger partial charge in [0.15, 0.2) is 0 Å². The molecule has 1 aromatic rings. The average molecular weight is 224 g/mol. The zero-order chi connectivity index (χ0) is 12.1. The molecule has 0 aromatic carbocycles. The van der Waals surface area contributed by atoms with Crippen LogP contribution in [0.15, 0.2) is 6.07 Å². The van der Waals surface area contributed by atoms with E-state index in [0.717, 1.165) is 18.8 Å². The minimum Gasteiger partial charge on any atom is -0.348 e. The number of nitrogens with one attached hydrogen (secondary N) is 2. The maximum Gasteiger partial charge on any atom is 0.271 e. The van der Waals surface area contributed by atoms with Crippen LogP contribution in [0.3, 0.4) is 0 Å². The van der Waals surface area contributed by atoms with Crippen molar-refractivity contribution in [2.45, 2.75) is 39.9 Å².